The van der Waals surface area contributed by atoms with Crippen LogP contribution in [-0.2, 0) is 0 Å². The van der Waals surface area contributed by atoms with E-state index in [1.807, 2.05) is 6.07 Å². The van der Waals surface area contributed by atoms with Crippen LogP contribution in [0.2, 0.25) is 0 Å². The number of fused-ring (bicyclic) bond motifs is 1. The van der Waals surface area contributed by atoms with Crippen molar-refractivity contribution in [1.29, 1.82) is 0 Å². The molecule has 0 aromatic heterocycles. The van der Waals surface area contributed by atoms with E-state index in [9.17, 15) is 0 Å². The van der Waals surface area contributed by atoms with E-state index >= 15 is 0 Å². The van der Waals surface area contributed by atoms with E-state index in [0.717, 1.165) is 31.1 Å². The van der Waals surface area contributed by atoms with Crippen LogP contribution in [-0.4, -0.2) is 32.8 Å². The van der Waals surface area contributed by atoms with Crippen molar-refractivity contribution in [3.8, 4) is 11.5 Å². The van der Waals surface area contributed by atoms with Crippen LogP contribution in [0.5, 0.6) is 11.5 Å². The molecule has 4 nitrogen and oxygen atoms in total. The van der Waals surface area contributed by atoms with Gasteiger partial charge in [-0.2, -0.15) is 0 Å². The molecule has 0 aliphatic carbocycles. The fraction of sp³-hybridized carbons (Fsp3) is 0.500. The lowest BCUT2D eigenvalue weighted by Gasteiger charge is -2.26. The first-order valence-electron chi connectivity index (χ1n) is 5.77. The lowest BCUT2D eigenvalue weighted by molar-refractivity contribution is 0.171. The highest BCUT2D eigenvalue weighted by atomic mass is 35.5. The first-order chi connectivity index (χ1) is 7.93. The molecule has 17 heavy (non-hydrogen) atoms. The Balaban J connectivity index is 0.00000108. The molecule has 0 unspecified atom stereocenters. The Bertz CT molecular complexity index is 381. The van der Waals surface area contributed by atoms with Crippen molar-refractivity contribution in [3.63, 3.8) is 0 Å². The van der Waals surface area contributed by atoms with E-state index in [1.165, 1.54) is 5.56 Å². The monoisotopic (exact) mass is 256 g/mol. The van der Waals surface area contributed by atoms with Crippen molar-refractivity contribution in [2.45, 2.75) is 6.04 Å². The smallest absolute Gasteiger partial charge is 0.161 e. The van der Waals surface area contributed by atoms with E-state index in [4.69, 9.17) is 9.47 Å². The minimum atomic E-state index is 0. The molecule has 1 aromatic carbocycles. The SMILES string of the molecule is Cl.c1cc2c(cc1[C@@H]1CNCCN1)OCCO2. The minimum absolute atomic E-state index is 0. The van der Waals surface area contributed by atoms with Gasteiger partial charge in [-0.15, -0.1) is 12.4 Å². The van der Waals surface area contributed by atoms with Gasteiger partial charge in [0.25, 0.3) is 0 Å². The molecule has 2 aliphatic rings. The normalized spacial score (nSPS) is 22.7. The summed E-state index contributed by atoms with van der Waals surface area (Å²) in [6.45, 7) is 4.32. The molecule has 1 saturated heterocycles. The van der Waals surface area contributed by atoms with Crippen molar-refractivity contribution in [3.05, 3.63) is 23.8 Å². The van der Waals surface area contributed by atoms with E-state index in [-0.39, 0.29) is 12.4 Å². The van der Waals surface area contributed by atoms with Gasteiger partial charge >= 0.3 is 0 Å². The number of hydrogen-bond donors (Lipinski definition) is 2. The van der Waals surface area contributed by atoms with Gasteiger partial charge in [0.1, 0.15) is 13.2 Å². The molecule has 0 spiro atoms. The summed E-state index contributed by atoms with van der Waals surface area (Å²) in [5.41, 5.74) is 1.26. The number of benzene rings is 1. The van der Waals surface area contributed by atoms with Crippen LogP contribution in [0.15, 0.2) is 18.2 Å². The Hall–Kier alpha value is -0.970. The zero-order valence-electron chi connectivity index (χ0n) is 9.57. The number of rotatable bonds is 1. The molecule has 2 aliphatic heterocycles. The molecule has 1 atom stereocenters. The third-order valence-electron chi connectivity index (χ3n) is 3.01. The number of ether oxygens (including phenoxy) is 2. The van der Waals surface area contributed by atoms with Gasteiger partial charge in [0.15, 0.2) is 11.5 Å². The maximum atomic E-state index is 5.58. The zero-order chi connectivity index (χ0) is 10.8. The molecule has 2 heterocycles. The minimum Gasteiger partial charge on any atom is -0.486 e. The Kier molecular flexibility index (Phi) is 4.10. The molecule has 3 rings (SSSR count). The summed E-state index contributed by atoms with van der Waals surface area (Å²) in [4.78, 5) is 0. The molecule has 1 aromatic rings. The first-order valence-corrected chi connectivity index (χ1v) is 5.77. The summed E-state index contributed by atoms with van der Waals surface area (Å²) < 4.78 is 11.1. The largest absolute Gasteiger partial charge is 0.486 e. The number of halogens is 1. The molecular formula is C12H17ClN2O2. The number of nitrogens with one attached hydrogen (secondary N) is 2. The van der Waals surface area contributed by atoms with Gasteiger partial charge in [-0.05, 0) is 17.7 Å². The number of piperazine rings is 1. The van der Waals surface area contributed by atoms with Gasteiger partial charge in [0, 0.05) is 25.7 Å². The molecular weight excluding hydrogens is 240 g/mol. The van der Waals surface area contributed by atoms with Crippen molar-refractivity contribution in [2.75, 3.05) is 32.8 Å². The van der Waals surface area contributed by atoms with Crippen LogP contribution in [0.4, 0.5) is 0 Å². The second-order valence-corrected chi connectivity index (χ2v) is 4.11. The standard InChI is InChI=1S/C12H16N2O2.ClH/c1-2-11-12(16-6-5-15-11)7-9(1)10-8-13-3-4-14-10;/h1-2,7,10,13-14H,3-6,8H2;1H/t10-;/m0./s1. The molecule has 5 heteroatoms. The highest BCUT2D eigenvalue weighted by molar-refractivity contribution is 5.85. The van der Waals surface area contributed by atoms with E-state index < -0.39 is 0 Å². The third-order valence-corrected chi connectivity index (χ3v) is 3.01. The Morgan fingerprint density at radius 2 is 1.88 bits per heavy atom. The molecule has 1 fully saturated rings. The number of hydrogen-bond acceptors (Lipinski definition) is 4. The van der Waals surface area contributed by atoms with Crippen LogP contribution in [0.1, 0.15) is 11.6 Å². The van der Waals surface area contributed by atoms with Crippen molar-refractivity contribution in [2.24, 2.45) is 0 Å². The summed E-state index contributed by atoms with van der Waals surface area (Å²) in [5, 5.41) is 6.86. The van der Waals surface area contributed by atoms with Gasteiger partial charge in [-0.1, -0.05) is 6.07 Å². The summed E-state index contributed by atoms with van der Waals surface area (Å²) >= 11 is 0. The van der Waals surface area contributed by atoms with Crippen LogP contribution in [0, 0.1) is 0 Å². The van der Waals surface area contributed by atoms with Gasteiger partial charge in [-0.25, -0.2) is 0 Å². The lowest BCUT2D eigenvalue weighted by Crippen LogP contribution is -2.42. The van der Waals surface area contributed by atoms with E-state index in [0.29, 0.717) is 19.3 Å². The fourth-order valence-electron chi connectivity index (χ4n) is 2.17. The summed E-state index contributed by atoms with van der Waals surface area (Å²) in [7, 11) is 0. The summed E-state index contributed by atoms with van der Waals surface area (Å²) in [6, 6.07) is 6.57. The van der Waals surface area contributed by atoms with Gasteiger partial charge in [-0.3, -0.25) is 0 Å². The predicted octanol–water partition coefficient (Wildman–Crippen LogP) is 1.11. The third kappa shape index (κ3) is 2.65. The summed E-state index contributed by atoms with van der Waals surface area (Å²) in [6.07, 6.45) is 0. The highest BCUT2D eigenvalue weighted by Gasteiger charge is 2.18. The van der Waals surface area contributed by atoms with Gasteiger partial charge in [0.2, 0.25) is 0 Å². The molecule has 0 radical (unpaired) electrons. The van der Waals surface area contributed by atoms with Crippen LogP contribution in [0.3, 0.4) is 0 Å². The molecule has 0 bridgehead atoms. The molecule has 0 amide bonds. The van der Waals surface area contributed by atoms with E-state index in [1.54, 1.807) is 0 Å². The van der Waals surface area contributed by atoms with E-state index in [2.05, 4.69) is 22.8 Å². The lowest BCUT2D eigenvalue weighted by atomic mass is 10.0. The van der Waals surface area contributed by atoms with Crippen molar-refractivity contribution < 1.29 is 9.47 Å². The topological polar surface area (TPSA) is 42.5 Å². The fourth-order valence-corrected chi connectivity index (χ4v) is 2.17. The highest BCUT2D eigenvalue weighted by Crippen LogP contribution is 2.32. The van der Waals surface area contributed by atoms with Crippen LogP contribution < -0.4 is 20.1 Å². The molecule has 94 valence electrons. The second-order valence-electron chi connectivity index (χ2n) is 4.11. The van der Waals surface area contributed by atoms with Gasteiger partial charge in [0.05, 0.1) is 0 Å². The average molecular weight is 257 g/mol. The Labute approximate surface area is 107 Å². The van der Waals surface area contributed by atoms with Crippen molar-refractivity contribution >= 4 is 12.4 Å². The Morgan fingerprint density at radius 3 is 2.65 bits per heavy atom. The quantitative estimate of drug-likeness (QED) is 0.790. The maximum absolute atomic E-state index is 5.58. The second kappa shape index (κ2) is 5.58. The predicted molar refractivity (Wildman–Crippen MR) is 68.3 cm³/mol. The zero-order valence-corrected chi connectivity index (χ0v) is 10.4. The van der Waals surface area contributed by atoms with Gasteiger partial charge < -0.3 is 20.1 Å². The van der Waals surface area contributed by atoms with Crippen LogP contribution >= 0.6 is 12.4 Å². The Morgan fingerprint density at radius 1 is 1.06 bits per heavy atom. The first kappa shape index (κ1) is 12.5. The maximum Gasteiger partial charge on any atom is 0.161 e. The van der Waals surface area contributed by atoms with Crippen molar-refractivity contribution in [1.82, 2.24) is 10.6 Å². The molecule has 0 saturated carbocycles. The average Bonchev–Trinajstić information content (AvgIpc) is 2.39. The van der Waals surface area contributed by atoms with Crippen LogP contribution in [0.25, 0.3) is 0 Å². The summed E-state index contributed by atoms with van der Waals surface area (Å²) in [5.74, 6) is 1.73. The molecule has 2 N–H and O–H groups in total.